The minimum atomic E-state index is -0.835. The highest BCUT2D eigenvalue weighted by Crippen LogP contribution is 2.27. The summed E-state index contributed by atoms with van der Waals surface area (Å²) in [4.78, 5) is 18.9. The molecule has 0 aliphatic heterocycles. The van der Waals surface area contributed by atoms with Crippen LogP contribution in [0.3, 0.4) is 0 Å². The molecular weight excluding hydrogens is 228 g/mol. The number of aliphatic hydroxyl groups excluding tert-OH is 1. The number of nitrogens with zero attached hydrogens (tertiary/aromatic N) is 1. The number of H-pyrrole nitrogens is 1. The summed E-state index contributed by atoms with van der Waals surface area (Å²) in [6.07, 6.45) is -0.333. The molecule has 4 heteroatoms. The fourth-order valence-corrected chi connectivity index (χ4v) is 1.95. The Labute approximate surface area is 106 Å². The van der Waals surface area contributed by atoms with Crippen LogP contribution in [-0.4, -0.2) is 15.1 Å². The van der Waals surface area contributed by atoms with Gasteiger partial charge in [0.1, 0.15) is 11.8 Å². The van der Waals surface area contributed by atoms with Crippen molar-refractivity contribution in [2.24, 2.45) is 5.41 Å². The lowest BCUT2D eigenvalue weighted by atomic mass is 9.88. The fraction of sp³-hybridized carbons (Fsp3) is 0.429. The van der Waals surface area contributed by atoms with Gasteiger partial charge >= 0.3 is 0 Å². The van der Waals surface area contributed by atoms with Crippen LogP contribution in [0.2, 0.25) is 0 Å². The van der Waals surface area contributed by atoms with E-state index in [0.717, 1.165) is 0 Å². The summed E-state index contributed by atoms with van der Waals surface area (Å²) in [5.74, 6) is 0. The van der Waals surface area contributed by atoms with E-state index in [2.05, 4.69) is 9.97 Å². The average molecular weight is 246 g/mol. The van der Waals surface area contributed by atoms with Crippen LogP contribution in [0.5, 0.6) is 0 Å². The third-order valence-corrected chi connectivity index (χ3v) is 2.75. The van der Waals surface area contributed by atoms with Gasteiger partial charge in [0.2, 0.25) is 0 Å². The second-order valence-electron chi connectivity index (χ2n) is 5.75. The van der Waals surface area contributed by atoms with Gasteiger partial charge in [-0.1, -0.05) is 32.9 Å². The lowest BCUT2D eigenvalue weighted by Gasteiger charge is -2.21. The first-order chi connectivity index (χ1) is 8.37. The van der Waals surface area contributed by atoms with Gasteiger partial charge in [0, 0.05) is 0 Å². The van der Waals surface area contributed by atoms with Crippen molar-refractivity contribution < 1.29 is 5.11 Å². The van der Waals surface area contributed by atoms with E-state index < -0.39 is 6.10 Å². The van der Waals surface area contributed by atoms with Gasteiger partial charge in [-0.25, -0.2) is 4.98 Å². The van der Waals surface area contributed by atoms with Crippen molar-refractivity contribution >= 4 is 11.0 Å². The topological polar surface area (TPSA) is 66.0 Å². The fourth-order valence-electron chi connectivity index (χ4n) is 1.95. The Morgan fingerprint density at radius 1 is 1.33 bits per heavy atom. The summed E-state index contributed by atoms with van der Waals surface area (Å²) < 4.78 is 0. The summed E-state index contributed by atoms with van der Waals surface area (Å²) in [6.45, 7) is 6.06. The first-order valence-electron chi connectivity index (χ1n) is 6.04. The molecule has 1 aromatic heterocycles. The van der Waals surface area contributed by atoms with Gasteiger partial charge in [-0.15, -0.1) is 0 Å². The normalized spacial score (nSPS) is 13.8. The minimum absolute atomic E-state index is 0.0564. The van der Waals surface area contributed by atoms with Crippen molar-refractivity contribution in [3.05, 3.63) is 40.3 Å². The number of hydrogen-bond acceptors (Lipinski definition) is 3. The highest BCUT2D eigenvalue weighted by Gasteiger charge is 2.21. The van der Waals surface area contributed by atoms with Crippen molar-refractivity contribution in [2.45, 2.75) is 33.3 Å². The highest BCUT2D eigenvalue weighted by molar-refractivity contribution is 5.73. The van der Waals surface area contributed by atoms with E-state index in [9.17, 15) is 9.90 Å². The average Bonchev–Trinajstić information content (AvgIpc) is 2.25. The van der Waals surface area contributed by atoms with Crippen LogP contribution < -0.4 is 5.56 Å². The standard InChI is InChI=1S/C14H18N2O2/c1-14(2,3)8-11(17)12-13(18)16-10-7-5-4-6-9(10)15-12/h4-7,11,17H,8H2,1-3H3,(H,16,18). The third kappa shape index (κ3) is 2.76. The molecular formula is C14H18N2O2. The van der Waals surface area contributed by atoms with Crippen LogP contribution in [0.15, 0.2) is 29.1 Å². The van der Waals surface area contributed by atoms with E-state index in [1.165, 1.54) is 0 Å². The Kier molecular flexibility index (Phi) is 3.22. The Morgan fingerprint density at radius 2 is 2.00 bits per heavy atom. The summed E-state index contributed by atoms with van der Waals surface area (Å²) in [7, 11) is 0. The molecule has 1 unspecified atom stereocenters. The van der Waals surface area contributed by atoms with Crippen molar-refractivity contribution in [3.8, 4) is 0 Å². The quantitative estimate of drug-likeness (QED) is 0.855. The Bertz CT molecular complexity index is 611. The van der Waals surface area contributed by atoms with Crippen molar-refractivity contribution in [1.82, 2.24) is 9.97 Å². The zero-order chi connectivity index (χ0) is 13.3. The number of para-hydroxylation sites is 2. The molecule has 0 fully saturated rings. The molecule has 0 saturated carbocycles. The number of aromatic nitrogens is 2. The number of nitrogens with one attached hydrogen (secondary N) is 1. The second-order valence-corrected chi connectivity index (χ2v) is 5.75. The minimum Gasteiger partial charge on any atom is -0.387 e. The molecule has 4 nitrogen and oxygen atoms in total. The van der Waals surface area contributed by atoms with E-state index in [1.54, 1.807) is 6.07 Å². The van der Waals surface area contributed by atoms with Crippen LogP contribution in [0, 0.1) is 5.41 Å². The predicted octanol–water partition coefficient (Wildman–Crippen LogP) is 2.39. The zero-order valence-corrected chi connectivity index (χ0v) is 10.9. The van der Waals surface area contributed by atoms with E-state index in [-0.39, 0.29) is 16.7 Å². The number of hydrogen-bond donors (Lipinski definition) is 2. The molecule has 2 N–H and O–H groups in total. The maximum absolute atomic E-state index is 11.9. The molecule has 2 rings (SSSR count). The second kappa shape index (κ2) is 4.53. The first kappa shape index (κ1) is 12.8. The van der Waals surface area contributed by atoms with Crippen LogP contribution in [-0.2, 0) is 0 Å². The van der Waals surface area contributed by atoms with Crippen molar-refractivity contribution in [1.29, 1.82) is 0 Å². The Morgan fingerprint density at radius 3 is 2.67 bits per heavy atom. The van der Waals surface area contributed by atoms with Gasteiger partial charge in [-0.3, -0.25) is 4.79 Å². The molecule has 0 spiro atoms. The van der Waals surface area contributed by atoms with Crippen molar-refractivity contribution in [3.63, 3.8) is 0 Å². The Hall–Kier alpha value is -1.68. The number of fused-ring (bicyclic) bond motifs is 1. The first-order valence-corrected chi connectivity index (χ1v) is 6.04. The summed E-state index contributed by atoms with van der Waals surface area (Å²) in [5.41, 5.74) is 1.21. The molecule has 2 aromatic rings. The molecule has 0 radical (unpaired) electrons. The van der Waals surface area contributed by atoms with Gasteiger partial charge < -0.3 is 10.1 Å². The molecule has 96 valence electrons. The lowest BCUT2D eigenvalue weighted by molar-refractivity contribution is 0.117. The van der Waals surface area contributed by atoms with Crippen LogP contribution >= 0.6 is 0 Å². The number of benzene rings is 1. The molecule has 1 aromatic carbocycles. The lowest BCUT2D eigenvalue weighted by Crippen LogP contribution is -2.22. The van der Waals surface area contributed by atoms with Gasteiger partial charge in [-0.2, -0.15) is 0 Å². The molecule has 0 aliphatic carbocycles. The van der Waals surface area contributed by atoms with Crippen LogP contribution in [0.1, 0.15) is 39.0 Å². The molecule has 18 heavy (non-hydrogen) atoms. The number of aromatic amines is 1. The van der Waals surface area contributed by atoms with E-state index in [1.807, 2.05) is 39.0 Å². The number of aliphatic hydroxyl groups is 1. The summed E-state index contributed by atoms with van der Waals surface area (Å²) >= 11 is 0. The maximum Gasteiger partial charge on any atom is 0.272 e. The number of rotatable bonds is 2. The monoisotopic (exact) mass is 246 g/mol. The van der Waals surface area contributed by atoms with E-state index in [4.69, 9.17) is 0 Å². The highest BCUT2D eigenvalue weighted by atomic mass is 16.3. The molecule has 1 atom stereocenters. The van der Waals surface area contributed by atoms with Gasteiger partial charge in [0.15, 0.2) is 0 Å². The molecule has 0 aliphatic rings. The van der Waals surface area contributed by atoms with E-state index >= 15 is 0 Å². The van der Waals surface area contributed by atoms with E-state index in [0.29, 0.717) is 17.5 Å². The largest absolute Gasteiger partial charge is 0.387 e. The van der Waals surface area contributed by atoms with Crippen LogP contribution in [0.25, 0.3) is 11.0 Å². The SMILES string of the molecule is CC(C)(C)CC(O)c1nc2ccccc2[nH]c1=O. The Balaban J connectivity index is 2.45. The van der Waals surface area contributed by atoms with Gasteiger partial charge in [-0.05, 0) is 24.0 Å². The van der Waals surface area contributed by atoms with Crippen molar-refractivity contribution in [2.75, 3.05) is 0 Å². The third-order valence-electron chi connectivity index (χ3n) is 2.75. The summed E-state index contributed by atoms with van der Waals surface area (Å²) in [5, 5.41) is 10.1. The zero-order valence-electron chi connectivity index (χ0n) is 10.9. The summed E-state index contributed by atoms with van der Waals surface area (Å²) in [6, 6.07) is 7.31. The molecule has 0 amide bonds. The molecule has 0 saturated heterocycles. The van der Waals surface area contributed by atoms with Gasteiger partial charge in [0.05, 0.1) is 11.0 Å². The van der Waals surface area contributed by atoms with Gasteiger partial charge in [0.25, 0.3) is 5.56 Å². The smallest absolute Gasteiger partial charge is 0.272 e. The maximum atomic E-state index is 11.9. The molecule has 1 heterocycles. The predicted molar refractivity (Wildman–Crippen MR) is 71.4 cm³/mol. The molecule has 0 bridgehead atoms. The van der Waals surface area contributed by atoms with Crippen LogP contribution in [0.4, 0.5) is 0 Å².